The zero-order valence-electron chi connectivity index (χ0n) is 11.5. The van der Waals surface area contributed by atoms with Crippen molar-refractivity contribution in [3.05, 3.63) is 0 Å². The Bertz CT molecular complexity index is 461. The molecule has 1 unspecified atom stereocenters. The molecule has 0 aromatic heterocycles. The van der Waals surface area contributed by atoms with E-state index in [0.29, 0.717) is 5.92 Å². The van der Waals surface area contributed by atoms with Crippen molar-refractivity contribution in [1.29, 1.82) is 0 Å². The summed E-state index contributed by atoms with van der Waals surface area (Å²) in [6.07, 6.45) is 7.96. The Morgan fingerprint density at radius 2 is 2.11 bits per heavy atom. The highest BCUT2D eigenvalue weighted by atomic mass is 32.2. The highest BCUT2D eigenvalue weighted by Gasteiger charge is 2.70. The van der Waals surface area contributed by atoms with Crippen LogP contribution in [0.15, 0.2) is 0 Å². The molecule has 0 N–H and O–H groups in total. The summed E-state index contributed by atoms with van der Waals surface area (Å²) >= 11 is 1.55. The molecule has 0 radical (unpaired) electrons. The van der Waals surface area contributed by atoms with Gasteiger partial charge in [0.1, 0.15) is 10.8 Å². The number of rotatable bonds is 1. The molecular formula is C15H21NO2S. The first-order valence-corrected chi connectivity index (χ1v) is 8.50. The van der Waals surface area contributed by atoms with Crippen LogP contribution >= 0.6 is 11.8 Å². The molecule has 1 saturated carbocycles. The summed E-state index contributed by atoms with van der Waals surface area (Å²) in [5.74, 6) is 0.397. The number of hydrogen-bond donors (Lipinski definition) is 0. The Morgan fingerprint density at radius 3 is 2.89 bits per heavy atom. The fourth-order valence-corrected chi connectivity index (χ4v) is 7.33. The lowest BCUT2D eigenvalue weighted by Crippen LogP contribution is -2.75. The number of nitrogens with zero attached hydrogens (tertiary/aromatic N) is 1. The third-order valence-corrected chi connectivity index (χ3v) is 8.04. The maximum atomic E-state index is 12.6. The molecule has 5 fully saturated rings. The molecule has 3 nitrogen and oxygen atoms in total. The number of amides is 1. The minimum absolute atomic E-state index is 0.152. The Hall–Kier alpha value is -0.510. The molecule has 1 amide bonds. The van der Waals surface area contributed by atoms with Gasteiger partial charge in [-0.25, -0.2) is 0 Å². The van der Waals surface area contributed by atoms with Crippen LogP contribution in [0.3, 0.4) is 0 Å². The molecule has 2 bridgehead atoms. The maximum Gasteiger partial charge on any atom is 0.235 e. The molecule has 5 rings (SSSR count). The minimum Gasteiger partial charge on any atom is -0.326 e. The van der Waals surface area contributed by atoms with Crippen LogP contribution in [0.2, 0.25) is 0 Å². The van der Waals surface area contributed by atoms with Crippen LogP contribution in [0.1, 0.15) is 51.9 Å². The highest BCUT2D eigenvalue weighted by molar-refractivity contribution is 8.15. The van der Waals surface area contributed by atoms with Gasteiger partial charge in [-0.15, -0.1) is 0 Å². The summed E-state index contributed by atoms with van der Waals surface area (Å²) in [5.41, 5.74) is 0.204. The Balaban J connectivity index is 1.91. The van der Waals surface area contributed by atoms with E-state index in [9.17, 15) is 9.59 Å². The number of fused-ring (bicyclic) bond motifs is 1. The van der Waals surface area contributed by atoms with E-state index in [1.54, 1.807) is 11.8 Å². The van der Waals surface area contributed by atoms with Gasteiger partial charge in [-0.05, 0) is 44.4 Å². The Labute approximate surface area is 118 Å². The van der Waals surface area contributed by atoms with E-state index in [4.69, 9.17) is 0 Å². The molecule has 19 heavy (non-hydrogen) atoms. The van der Waals surface area contributed by atoms with Crippen LogP contribution in [0.4, 0.5) is 0 Å². The van der Waals surface area contributed by atoms with Gasteiger partial charge in [0.05, 0.1) is 0 Å². The maximum absolute atomic E-state index is 12.6. The Morgan fingerprint density at radius 1 is 1.32 bits per heavy atom. The molecular weight excluding hydrogens is 258 g/mol. The van der Waals surface area contributed by atoms with Crippen molar-refractivity contribution in [3.8, 4) is 0 Å². The number of carbonyl (C=O) groups is 2. The van der Waals surface area contributed by atoms with Crippen molar-refractivity contribution in [2.24, 2.45) is 17.3 Å². The van der Waals surface area contributed by atoms with Crippen LogP contribution in [-0.2, 0) is 9.59 Å². The molecule has 0 aromatic rings. The molecule has 4 saturated heterocycles. The van der Waals surface area contributed by atoms with Gasteiger partial charge in [0.15, 0.2) is 0 Å². The molecule has 104 valence electrons. The predicted molar refractivity (Wildman–Crippen MR) is 74.4 cm³/mol. The van der Waals surface area contributed by atoms with E-state index in [2.05, 4.69) is 11.8 Å². The molecule has 4 atom stereocenters. The molecule has 1 spiro atoms. The lowest BCUT2D eigenvalue weighted by Gasteiger charge is -2.69. The van der Waals surface area contributed by atoms with E-state index in [0.717, 1.165) is 25.8 Å². The van der Waals surface area contributed by atoms with E-state index in [1.165, 1.54) is 25.7 Å². The van der Waals surface area contributed by atoms with Crippen LogP contribution in [0, 0.1) is 17.3 Å². The third kappa shape index (κ3) is 1.23. The predicted octanol–water partition coefficient (Wildman–Crippen LogP) is 2.79. The van der Waals surface area contributed by atoms with E-state index in [1.807, 2.05) is 0 Å². The van der Waals surface area contributed by atoms with Gasteiger partial charge in [-0.2, -0.15) is 0 Å². The molecule has 4 aliphatic heterocycles. The van der Waals surface area contributed by atoms with Crippen LogP contribution in [0.5, 0.6) is 0 Å². The van der Waals surface area contributed by atoms with Crippen molar-refractivity contribution in [1.82, 2.24) is 4.90 Å². The van der Waals surface area contributed by atoms with Crippen molar-refractivity contribution < 1.29 is 9.59 Å². The van der Waals surface area contributed by atoms with Gasteiger partial charge in [0.25, 0.3) is 0 Å². The summed E-state index contributed by atoms with van der Waals surface area (Å²) in [6.45, 7) is 3.14. The summed E-state index contributed by atoms with van der Waals surface area (Å²) < 4.78 is 0. The van der Waals surface area contributed by atoms with Gasteiger partial charge in [0.2, 0.25) is 11.0 Å². The first-order chi connectivity index (χ1) is 9.14. The van der Waals surface area contributed by atoms with Gasteiger partial charge in [0, 0.05) is 12.0 Å². The molecule has 4 heteroatoms. The zero-order chi connectivity index (χ0) is 13.3. The molecule has 0 aromatic carbocycles. The molecule has 5 aliphatic rings. The second kappa shape index (κ2) is 3.78. The minimum atomic E-state index is -0.317. The fourth-order valence-electron chi connectivity index (χ4n) is 5.45. The zero-order valence-corrected chi connectivity index (χ0v) is 12.3. The van der Waals surface area contributed by atoms with Crippen LogP contribution in [-0.4, -0.2) is 27.3 Å². The van der Waals surface area contributed by atoms with Crippen molar-refractivity contribution in [2.45, 2.75) is 56.7 Å². The standard InChI is InChI=1S/C15H21NO2S/c1-2-14-6-3-5-10-9-11-12(17)16(8-4-7-14)15(10,14)19-13(11)18/h10-11H,2-9H2,1H3/t10-,11+,14?,15+/m1/s1. The van der Waals surface area contributed by atoms with Gasteiger partial charge >= 0.3 is 0 Å². The van der Waals surface area contributed by atoms with Crippen molar-refractivity contribution in [2.75, 3.05) is 6.54 Å². The van der Waals surface area contributed by atoms with E-state index in [-0.39, 0.29) is 27.2 Å². The highest BCUT2D eigenvalue weighted by Crippen LogP contribution is 2.68. The summed E-state index contributed by atoms with van der Waals surface area (Å²) in [6, 6.07) is 0. The third-order valence-electron chi connectivity index (χ3n) is 6.26. The second-order valence-electron chi connectivity index (χ2n) is 6.72. The van der Waals surface area contributed by atoms with E-state index >= 15 is 0 Å². The SMILES string of the molecule is CCC12CCC[C@@H]3C[C@@H]4C(=O)S[C@@]31N(CCC2)C4=O. The normalized spacial score (nSPS) is 48.4. The number of piperidine rings is 2. The second-order valence-corrected chi connectivity index (χ2v) is 7.95. The van der Waals surface area contributed by atoms with Gasteiger partial charge in [-0.3, -0.25) is 9.59 Å². The number of hydrogen-bond acceptors (Lipinski definition) is 3. The van der Waals surface area contributed by atoms with Crippen molar-refractivity contribution in [3.63, 3.8) is 0 Å². The molecule has 4 heterocycles. The van der Waals surface area contributed by atoms with Gasteiger partial charge < -0.3 is 4.90 Å². The first kappa shape index (κ1) is 12.2. The van der Waals surface area contributed by atoms with E-state index < -0.39 is 0 Å². The number of thioether (sulfide) groups is 1. The summed E-state index contributed by atoms with van der Waals surface area (Å²) in [5, 5.41) is 0.166. The first-order valence-electron chi connectivity index (χ1n) is 7.69. The average molecular weight is 279 g/mol. The number of carbonyl (C=O) groups excluding carboxylic acids is 2. The van der Waals surface area contributed by atoms with Crippen molar-refractivity contribution >= 4 is 22.8 Å². The average Bonchev–Trinajstić information content (AvgIpc) is 2.42. The van der Waals surface area contributed by atoms with Gasteiger partial charge in [-0.1, -0.05) is 25.1 Å². The smallest absolute Gasteiger partial charge is 0.235 e. The lowest BCUT2D eigenvalue weighted by molar-refractivity contribution is -0.172. The lowest BCUT2D eigenvalue weighted by atomic mass is 9.56. The van der Waals surface area contributed by atoms with Crippen LogP contribution in [0.25, 0.3) is 0 Å². The summed E-state index contributed by atoms with van der Waals surface area (Å²) in [7, 11) is 0. The largest absolute Gasteiger partial charge is 0.326 e. The quantitative estimate of drug-likeness (QED) is 0.693. The topological polar surface area (TPSA) is 37.4 Å². The molecule has 1 aliphatic carbocycles. The van der Waals surface area contributed by atoms with Crippen LogP contribution < -0.4 is 0 Å². The fraction of sp³-hybridized carbons (Fsp3) is 0.867. The monoisotopic (exact) mass is 279 g/mol. The Kier molecular flexibility index (Phi) is 2.43. The summed E-state index contributed by atoms with van der Waals surface area (Å²) in [4.78, 5) is 26.9.